The number of hydrogen-bond donors (Lipinski definition) is 0. The number of nitrogens with zero attached hydrogens (tertiary/aromatic N) is 2. The Bertz CT molecular complexity index is 441. The normalized spacial score (nSPS) is 22.3. The molecule has 0 aromatic carbocycles. The average molecular weight is 266 g/mol. The highest BCUT2D eigenvalue weighted by Gasteiger charge is 2.24. The first-order chi connectivity index (χ1) is 8.47. The quantitative estimate of drug-likeness (QED) is 0.784. The van der Waals surface area contributed by atoms with E-state index in [0.717, 1.165) is 30.1 Å². The van der Waals surface area contributed by atoms with Gasteiger partial charge < -0.3 is 4.90 Å². The lowest BCUT2D eigenvalue weighted by molar-refractivity contribution is 0.0747. The van der Waals surface area contributed by atoms with Gasteiger partial charge in [0.15, 0.2) is 5.78 Å². The lowest BCUT2D eigenvalue weighted by Gasteiger charge is -2.37. The molecular weight excluding hydrogens is 244 g/mol. The van der Waals surface area contributed by atoms with Crippen LogP contribution < -0.4 is 0 Å². The number of carbonyl (C=O) groups is 1. The summed E-state index contributed by atoms with van der Waals surface area (Å²) >= 11 is 1.71. The minimum absolute atomic E-state index is 0.272. The second-order valence-electron chi connectivity index (χ2n) is 5.33. The van der Waals surface area contributed by atoms with Gasteiger partial charge in [0, 0.05) is 41.0 Å². The molecule has 4 heteroatoms. The minimum Gasteiger partial charge on any atom is -0.304 e. The molecule has 1 aliphatic rings. The third kappa shape index (κ3) is 2.99. The van der Waals surface area contributed by atoms with E-state index in [9.17, 15) is 4.79 Å². The summed E-state index contributed by atoms with van der Waals surface area (Å²) in [5, 5.41) is 0. The predicted octanol–water partition coefficient (Wildman–Crippen LogP) is 2.18. The summed E-state index contributed by atoms with van der Waals surface area (Å²) in [6.07, 6.45) is 0. The summed E-state index contributed by atoms with van der Waals surface area (Å²) in [6.45, 7) is 9.96. The van der Waals surface area contributed by atoms with Crippen LogP contribution in [0.4, 0.5) is 0 Å². The van der Waals surface area contributed by atoms with Crippen LogP contribution in [0, 0.1) is 13.8 Å². The molecule has 0 aliphatic carbocycles. The molecule has 1 aromatic heterocycles. The molecule has 18 heavy (non-hydrogen) atoms. The van der Waals surface area contributed by atoms with E-state index in [2.05, 4.69) is 30.7 Å². The third-order valence-electron chi connectivity index (χ3n) is 3.66. The SMILES string of the molecule is Cc1cc(C(=O)CN2CCN(C)CC2C)c(C)s1. The zero-order valence-corrected chi connectivity index (χ0v) is 12.5. The molecule has 0 saturated carbocycles. The summed E-state index contributed by atoms with van der Waals surface area (Å²) in [7, 11) is 2.14. The topological polar surface area (TPSA) is 23.6 Å². The first-order valence-corrected chi connectivity index (χ1v) is 7.32. The minimum atomic E-state index is 0.272. The molecule has 1 atom stereocenters. The van der Waals surface area contributed by atoms with E-state index in [1.807, 2.05) is 13.0 Å². The maximum Gasteiger partial charge on any atom is 0.177 e. The standard InChI is InChI=1S/C14H22N2OS/c1-10-8-15(4)5-6-16(10)9-14(17)13-7-11(2)18-12(13)3/h7,10H,5-6,8-9H2,1-4H3. The monoisotopic (exact) mass is 266 g/mol. The van der Waals surface area contributed by atoms with Crippen molar-refractivity contribution in [3.63, 3.8) is 0 Å². The van der Waals surface area contributed by atoms with Crippen molar-refractivity contribution in [1.82, 2.24) is 9.80 Å². The van der Waals surface area contributed by atoms with Crippen molar-refractivity contribution in [1.29, 1.82) is 0 Å². The van der Waals surface area contributed by atoms with Gasteiger partial charge in [-0.25, -0.2) is 0 Å². The molecule has 1 saturated heterocycles. The fraction of sp³-hybridized carbons (Fsp3) is 0.643. The molecule has 0 N–H and O–H groups in total. The Morgan fingerprint density at radius 1 is 1.44 bits per heavy atom. The molecular formula is C14H22N2OS. The molecule has 0 bridgehead atoms. The van der Waals surface area contributed by atoms with E-state index < -0.39 is 0 Å². The summed E-state index contributed by atoms with van der Waals surface area (Å²) in [5.74, 6) is 0.272. The van der Waals surface area contributed by atoms with Crippen molar-refractivity contribution in [2.45, 2.75) is 26.8 Å². The van der Waals surface area contributed by atoms with Gasteiger partial charge in [-0.1, -0.05) is 0 Å². The van der Waals surface area contributed by atoms with Gasteiger partial charge in [0.05, 0.1) is 6.54 Å². The molecule has 1 aliphatic heterocycles. The number of piperazine rings is 1. The van der Waals surface area contributed by atoms with E-state index in [-0.39, 0.29) is 5.78 Å². The Morgan fingerprint density at radius 2 is 2.17 bits per heavy atom. The second-order valence-corrected chi connectivity index (χ2v) is 6.79. The number of likely N-dealkylation sites (N-methyl/N-ethyl adjacent to an activating group) is 1. The fourth-order valence-electron chi connectivity index (χ4n) is 2.59. The van der Waals surface area contributed by atoms with E-state index in [0.29, 0.717) is 12.6 Å². The Hall–Kier alpha value is -0.710. The zero-order chi connectivity index (χ0) is 13.3. The van der Waals surface area contributed by atoms with Crippen LogP contribution in [0.15, 0.2) is 6.07 Å². The molecule has 0 amide bonds. The van der Waals surface area contributed by atoms with Crippen LogP contribution in [-0.4, -0.2) is 54.9 Å². The smallest absolute Gasteiger partial charge is 0.177 e. The molecule has 0 radical (unpaired) electrons. The zero-order valence-electron chi connectivity index (χ0n) is 11.7. The molecule has 3 nitrogen and oxygen atoms in total. The molecule has 100 valence electrons. The fourth-order valence-corrected chi connectivity index (χ4v) is 3.53. The summed E-state index contributed by atoms with van der Waals surface area (Å²) < 4.78 is 0. The van der Waals surface area contributed by atoms with Crippen LogP contribution in [0.25, 0.3) is 0 Å². The van der Waals surface area contributed by atoms with Crippen molar-refractivity contribution < 1.29 is 4.79 Å². The van der Waals surface area contributed by atoms with Gasteiger partial charge in [0.25, 0.3) is 0 Å². The molecule has 2 rings (SSSR count). The summed E-state index contributed by atoms with van der Waals surface area (Å²) in [5.41, 5.74) is 0.920. The third-order valence-corrected chi connectivity index (χ3v) is 4.62. The van der Waals surface area contributed by atoms with Gasteiger partial charge >= 0.3 is 0 Å². The first kappa shape index (κ1) is 13.7. The number of aryl methyl sites for hydroxylation is 2. The number of ketones is 1. The molecule has 1 aromatic rings. The molecule has 1 fully saturated rings. The Balaban J connectivity index is 2.01. The van der Waals surface area contributed by atoms with Gasteiger partial charge in [-0.05, 0) is 33.9 Å². The largest absolute Gasteiger partial charge is 0.304 e. The maximum absolute atomic E-state index is 12.3. The highest BCUT2D eigenvalue weighted by atomic mass is 32.1. The van der Waals surface area contributed by atoms with Crippen molar-refractivity contribution in [3.05, 3.63) is 21.4 Å². The number of rotatable bonds is 3. The summed E-state index contributed by atoms with van der Waals surface area (Å²) in [6, 6.07) is 2.50. The molecule has 0 spiro atoms. The maximum atomic E-state index is 12.3. The van der Waals surface area contributed by atoms with Gasteiger partial charge in [-0.15, -0.1) is 11.3 Å². The van der Waals surface area contributed by atoms with E-state index in [4.69, 9.17) is 0 Å². The lowest BCUT2D eigenvalue weighted by Crippen LogP contribution is -2.51. The van der Waals surface area contributed by atoms with Gasteiger partial charge in [-0.2, -0.15) is 0 Å². The van der Waals surface area contributed by atoms with Crippen molar-refractivity contribution in [2.75, 3.05) is 33.2 Å². The van der Waals surface area contributed by atoms with Crippen LogP contribution in [0.1, 0.15) is 27.0 Å². The van der Waals surface area contributed by atoms with Crippen molar-refractivity contribution in [2.24, 2.45) is 0 Å². The average Bonchev–Trinajstić information content (AvgIpc) is 2.62. The van der Waals surface area contributed by atoms with Crippen LogP contribution in [0.3, 0.4) is 0 Å². The van der Waals surface area contributed by atoms with Crippen LogP contribution in [0.2, 0.25) is 0 Å². The summed E-state index contributed by atoms with van der Waals surface area (Å²) in [4.78, 5) is 19.3. The van der Waals surface area contributed by atoms with Crippen LogP contribution in [0.5, 0.6) is 0 Å². The van der Waals surface area contributed by atoms with Crippen LogP contribution >= 0.6 is 11.3 Å². The number of hydrogen-bond acceptors (Lipinski definition) is 4. The Kier molecular flexibility index (Phi) is 4.20. The van der Waals surface area contributed by atoms with Gasteiger partial charge in [-0.3, -0.25) is 9.69 Å². The number of thiophene rings is 1. The predicted molar refractivity (Wildman–Crippen MR) is 76.7 cm³/mol. The van der Waals surface area contributed by atoms with E-state index in [1.165, 1.54) is 4.88 Å². The number of carbonyl (C=O) groups excluding carboxylic acids is 1. The number of Topliss-reactive ketones (excluding diaryl/α,β-unsaturated/α-hetero) is 1. The van der Waals surface area contributed by atoms with Gasteiger partial charge in [0.1, 0.15) is 0 Å². The van der Waals surface area contributed by atoms with E-state index >= 15 is 0 Å². The second kappa shape index (κ2) is 5.51. The van der Waals surface area contributed by atoms with E-state index in [1.54, 1.807) is 11.3 Å². The Morgan fingerprint density at radius 3 is 2.72 bits per heavy atom. The molecule has 1 unspecified atom stereocenters. The first-order valence-electron chi connectivity index (χ1n) is 6.50. The lowest BCUT2D eigenvalue weighted by atomic mass is 10.1. The van der Waals surface area contributed by atoms with Gasteiger partial charge in [0.2, 0.25) is 0 Å². The highest BCUT2D eigenvalue weighted by Crippen LogP contribution is 2.21. The Labute approximate surface area is 113 Å². The van der Waals surface area contributed by atoms with Crippen molar-refractivity contribution >= 4 is 17.1 Å². The van der Waals surface area contributed by atoms with Crippen LogP contribution in [-0.2, 0) is 0 Å². The van der Waals surface area contributed by atoms with Crippen molar-refractivity contribution in [3.8, 4) is 0 Å². The molecule has 2 heterocycles. The highest BCUT2D eigenvalue weighted by molar-refractivity contribution is 7.12.